The number of nitrogens with zero attached hydrogens (tertiary/aromatic N) is 2. The molecule has 0 aliphatic carbocycles. The highest BCUT2D eigenvalue weighted by Crippen LogP contribution is 2.10. The van der Waals surface area contributed by atoms with Gasteiger partial charge in [-0.2, -0.15) is 0 Å². The van der Waals surface area contributed by atoms with Crippen molar-refractivity contribution in [1.29, 1.82) is 0 Å². The molecule has 0 fully saturated rings. The summed E-state index contributed by atoms with van der Waals surface area (Å²) in [6.07, 6.45) is 5.11. The van der Waals surface area contributed by atoms with Crippen LogP contribution in [0.2, 0.25) is 0 Å². The zero-order valence-corrected chi connectivity index (χ0v) is 12.9. The smallest absolute Gasteiger partial charge is 0.220 e. The minimum atomic E-state index is 0.110. The van der Waals surface area contributed by atoms with Crippen molar-refractivity contribution < 1.29 is 4.79 Å². The Labute approximate surface area is 123 Å². The average molecular weight is 291 g/mol. The standard InChI is InChI=1S/C15H21N3OS/c1-3-12-11-20-15(17-12)8-9-16-14(19)7-6-13-5-4-10-18(13)2/h4-5,10-11H,3,6-9H2,1-2H3,(H,16,19). The highest BCUT2D eigenvalue weighted by Gasteiger charge is 2.05. The maximum Gasteiger partial charge on any atom is 0.220 e. The Morgan fingerprint density at radius 2 is 2.30 bits per heavy atom. The molecule has 2 aromatic heterocycles. The number of carbonyl (C=O) groups excluding carboxylic acids is 1. The Hall–Kier alpha value is -1.62. The monoisotopic (exact) mass is 291 g/mol. The van der Waals surface area contributed by atoms with Crippen LogP contribution >= 0.6 is 11.3 Å². The van der Waals surface area contributed by atoms with Gasteiger partial charge in [-0.25, -0.2) is 4.98 Å². The summed E-state index contributed by atoms with van der Waals surface area (Å²) in [6, 6.07) is 4.05. The number of carbonyl (C=O) groups is 1. The molecule has 108 valence electrons. The second-order valence-corrected chi connectivity index (χ2v) is 5.74. The van der Waals surface area contributed by atoms with Crippen LogP contribution in [0, 0.1) is 0 Å². The number of aromatic nitrogens is 2. The van der Waals surface area contributed by atoms with Crippen LogP contribution in [0.25, 0.3) is 0 Å². The first-order valence-corrected chi connectivity index (χ1v) is 7.87. The van der Waals surface area contributed by atoms with Crippen molar-refractivity contribution in [3.05, 3.63) is 40.1 Å². The van der Waals surface area contributed by atoms with Crippen LogP contribution in [0.1, 0.15) is 29.7 Å². The number of thiazole rings is 1. The van der Waals surface area contributed by atoms with E-state index in [0.717, 1.165) is 30.0 Å². The van der Waals surface area contributed by atoms with Crippen LogP contribution in [0.15, 0.2) is 23.7 Å². The van der Waals surface area contributed by atoms with Crippen LogP contribution in [0.3, 0.4) is 0 Å². The highest BCUT2D eigenvalue weighted by atomic mass is 32.1. The zero-order chi connectivity index (χ0) is 14.4. The van der Waals surface area contributed by atoms with Crippen molar-refractivity contribution in [2.24, 2.45) is 7.05 Å². The fourth-order valence-electron chi connectivity index (χ4n) is 2.02. The molecule has 0 radical (unpaired) electrons. The Kier molecular flexibility index (Phi) is 5.35. The summed E-state index contributed by atoms with van der Waals surface area (Å²) in [6.45, 7) is 2.77. The van der Waals surface area contributed by atoms with Crippen LogP contribution in [-0.2, 0) is 31.1 Å². The third-order valence-corrected chi connectivity index (χ3v) is 4.24. The fourth-order valence-corrected chi connectivity index (χ4v) is 2.90. The van der Waals surface area contributed by atoms with E-state index in [1.165, 1.54) is 5.69 Å². The lowest BCUT2D eigenvalue weighted by atomic mass is 10.2. The van der Waals surface area contributed by atoms with Gasteiger partial charge >= 0.3 is 0 Å². The lowest BCUT2D eigenvalue weighted by molar-refractivity contribution is -0.121. The SMILES string of the molecule is CCc1csc(CCNC(=O)CCc2cccn2C)n1. The van der Waals surface area contributed by atoms with Crippen molar-refractivity contribution in [1.82, 2.24) is 14.9 Å². The first-order valence-electron chi connectivity index (χ1n) is 6.99. The second-order valence-electron chi connectivity index (χ2n) is 4.80. The molecule has 0 saturated heterocycles. The molecular weight excluding hydrogens is 270 g/mol. The largest absolute Gasteiger partial charge is 0.356 e. The Bertz CT molecular complexity index is 559. The number of hydrogen-bond donors (Lipinski definition) is 1. The zero-order valence-electron chi connectivity index (χ0n) is 12.1. The van der Waals surface area contributed by atoms with Crippen molar-refractivity contribution in [3.63, 3.8) is 0 Å². The van der Waals surface area contributed by atoms with E-state index in [-0.39, 0.29) is 5.91 Å². The van der Waals surface area contributed by atoms with Crippen molar-refractivity contribution >= 4 is 17.2 Å². The number of nitrogens with one attached hydrogen (secondary N) is 1. The first kappa shape index (κ1) is 14.8. The van der Waals surface area contributed by atoms with Gasteiger partial charge in [-0.3, -0.25) is 4.79 Å². The van der Waals surface area contributed by atoms with Crippen molar-refractivity contribution in [2.45, 2.75) is 32.6 Å². The lowest BCUT2D eigenvalue weighted by Crippen LogP contribution is -2.26. The minimum Gasteiger partial charge on any atom is -0.356 e. The van der Waals surface area contributed by atoms with Gasteiger partial charge in [-0.05, 0) is 25.0 Å². The second kappa shape index (κ2) is 7.24. The van der Waals surface area contributed by atoms with Gasteiger partial charge in [-0.1, -0.05) is 6.92 Å². The molecule has 20 heavy (non-hydrogen) atoms. The Morgan fingerprint density at radius 3 is 2.95 bits per heavy atom. The summed E-state index contributed by atoms with van der Waals surface area (Å²) in [5, 5.41) is 6.15. The van der Waals surface area contributed by atoms with E-state index in [1.807, 2.05) is 19.3 Å². The lowest BCUT2D eigenvalue weighted by Gasteiger charge is -2.05. The minimum absolute atomic E-state index is 0.110. The summed E-state index contributed by atoms with van der Waals surface area (Å²) < 4.78 is 2.05. The van der Waals surface area contributed by atoms with E-state index < -0.39 is 0 Å². The number of hydrogen-bond acceptors (Lipinski definition) is 3. The molecular formula is C15H21N3OS. The summed E-state index contributed by atoms with van der Waals surface area (Å²) in [5.41, 5.74) is 2.33. The van der Waals surface area contributed by atoms with Crippen LogP contribution < -0.4 is 5.32 Å². The summed E-state index contributed by atoms with van der Waals surface area (Å²) in [4.78, 5) is 16.3. The predicted octanol–water partition coefficient (Wildman–Crippen LogP) is 2.34. The van der Waals surface area contributed by atoms with Gasteiger partial charge in [-0.15, -0.1) is 11.3 Å². The van der Waals surface area contributed by atoms with Crippen molar-refractivity contribution in [3.8, 4) is 0 Å². The van der Waals surface area contributed by atoms with Crippen LogP contribution in [0.4, 0.5) is 0 Å². The molecule has 4 nitrogen and oxygen atoms in total. The van der Waals surface area contributed by atoms with Gasteiger partial charge < -0.3 is 9.88 Å². The Balaban J connectivity index is 1.66. The molecule has 0 bridgehead atoms. The van der Waals surface area contributed by atoms with Gasteiger partial charge in [0.1, 0.15) is 0 Å². The molecule has 2 rings (SSSR count). The maximum atomic E-state index is 11.8. The van der Waals surface area contributed by atoms with E-state index in [4.69, 9.17) is 0 Å². The molecule has 0 unspecified atom stereocenters. The van der Waals surface area contributed by atoms with Gasteiger partial charge in [0.05, 0.1) is 10.7 Å². The predicted molar refractivity (Wildman–Crippen MR) is 81.9 cm³/mol. The van der Waals surface area contributed by atoms with Crippen LogP contribution in [-0.4, -0.2) is 22.0 Å². The third kappa shape index (κ3) is 4.20. The van der Waals surface area contributed by atoms with E-state index in [0.29, 0.717) is 13.0 Å². The van der Waals surface area contributed by atoms with E-state index in [2.05, 4.69) is 33.2 Å². The Morgan fingerprint density at radius 1 is 1.45 bits per heavy atom. The topological polar surface area (TPSA) is 46.9 Å². The normalized spacial score (nSPS) is 10.7. The molecule has 0 saturated carbocycles. The molecule has 1 N–H and O–H groups in total. The average Bonchev–Trinajstić information content (AvgIpc) is 3.05. The fraction of sp³-hybridized carbons (Fsp3) is 0.467. The van der Waals surface area contributed by atoms with Gasteiger partial charge in [0.25, 0.3) is 0 Å². The van der Waals surface area contributed by atoms with Gasteiger partial charge in [0, 0.05) is 43.7 Å². The number of rotatable bonds is 7. The van der Waals surface area contributed by atoms with Crippen LogP contribution in [0.5, 0.6) is 0 Å². The quantitative estimate of drug-likeness (QED) is 0.851. The molecule has 5 heteroatoms. The molecule has 0 aliphatic heterocycles. The summed E-state index contributed by atoms with van der Waals surface area (Å²) >= 11 is 1.67. The highest BCUT2D eigenvalue weighted by molar-refractivity contribution is 7.09. The van der Waals surface area contributed by atoms with E-state index >= 15 is 0 Å². The molecule has 0 spiro atoms. The summed E-state index contributed by atoms with van der Waals surface area (Å²) in [5.74, 6) is 0.110. The first-order chi connectivity index (χ1) is 9.69. The van der Waals surface area contributed by atoms with E-state index in [9.17, 15) is 4.79 Å². The number of amides is 1. The van der Waals surface area contributed by atoms with E-state index in [1.54, 1.807) is 11.3 Å². The third-order valence-electron chi connectivity index (χ3n) is 3.28. The molecule has 2 heterocycles. The molecule has 0 aliphatic rings. The van der Waals surface area contributed by atoms with Gasteiger partial charge in [0.15, 0.2) is 0 Å². The summed E-state index contributed by atoms with van der Waals surface area (Å²) in [7, 11) is 2.00. The number of aryl methyl sites for hydroxylation is 3. The molecule has 1 amide bonds. The van der Waals surface area contributed by atoms with Gasteiger partial charge in [0.2, 0.25) is 5.91 Å². The molecule has 0 aromatic carbocycles. The maximum absolute atomic E-state index is 11.8. The molecule has 2 aromatic rings. The molecule has 0 atom stereocenters. The van der Waals surface area contributed by atoms with Crippen molar-refractivity contribution in [2.75, 3.05) is 6.54 Å².